The molecule has 1 heterocycles. The second-order valence-electron chi connectivity index (χ2n) is 4.88. The number of nitrogens with zero attached hydrogens (tertiary/aromatic N) is 2. The molecule has 0 aliphatic heterocycles. The number of rotatable bonds is 7. The van der Waals surface area contributed by atoms with Gasteiger partial charge in [0.05, 0.1) is 0 Å². The van der Waals surface area contributed by atoms with Crippen LogP contribution in [0, 0.1) is 5.92 Å². The molecule has 0 atom stereocenters. The molecule has 0 fully saturated rings. The molecule has 0 spiro atoms. The second kappa shape index (κ2) is 6.98. The minimum absolute atomic E-state index is 0.120. The van der Waals surface area contributed by atoms with Gasteiger partial charge in [0.2, 0.25) is 0 Å². The van der Waals surface area contributed by atoms with Gasteiger partial charge in [-0.05, 0) is 24.6 Å². The van der Waals surface area contributed by atoms with Crippen molar-refractivity contribution in [2.75, 3.05) is 20.1 Å². The molecule has 0 aliphatic carbocycles. The molecule has 0 aliphatic rings. The Balaban J connectivity index is 2.98. The van der Waals surface area contributed by atoms with Gasteiger partial charge in [-0.1, -0.05) is 26.8 Å². The topological polar surface area (TPSA) is 62.3 Å². The SMILES string of the molecule is CCN(CC(C)C)S(=O)(=O)c1ccc(CNC)cn1. The number of aromatic nitrogens is 1. The van der Waals surface area contributed by atoms with E-state index in [-0.39, 0.29) is 5.03 Å². The minimum atomic E-state index is -3.48. The van der Waals surface area contributed by atoms with Crippen molar-refractivity contribution in [1.29, 1.82) is 0 Å². The van der Waals surface area contributed by atoms with Gasteiger partial charge < -0.3 is 5.32 Å². The molecule has 0 saturated carbocycles. The first-order valence-corrected chi connectivity index (χ1v) is 7.95. The van der Waals surface area contributed by atoms with Crippen molar-refractivity contribution in [2.24, 2.45) is 5.92 Å². The van der Waals surface area contributed by atoms with Gasteiger partial charge in [-0.25, -0.2) is 13.4 Å². The Morgan fingerprint density at radius 1 is 1.37 bits per heavy atom. The molecule has 0 radical (unpaired) electrons. The first kappa shape index (κ1) is 16.1. The van der Waals surface area contributed by atoms with Crippen molar-refractivity contribution in [1.82, 2.24) is 14.6 Å². The van der Waals surface area contributed by atoms with Crippen LogP contribution in [0.4, 0.5) is 0 Å². The number of hydrogen-bond donors (Lipinski definition) is 1. The van der Waals surface area contributed by atoms with Crippen LogP contribution in [-0.4, -0.2) is 37.8 Å². The molecule has 5 nitrogen and oxygen atoms in total. The van der Waals surface area contributed by atoms with Gasteiger partial charge in [-0.15, -0.1) is 0 Å². The fraction of sp³-hybridized carbons (Fsp3) is 0.615. The zero-order valence-corrected chi connectivity index (χ0v) is 12.9. The van der Waals surface area contributed by atoms with Gasteiger partial charge in [0.15, 0.2) is 5.03 Å². The summed E-state index contributed by atoms with van der Waals surface area (Å²) in [5.74, 6) is 0.290. The molecule has 1 N–H and O–H groups in total. The Morgan fingerprint density at radius 2 is 2.05 bits per heavy atom. The average Bonchev–Trinajstić information content (AvgIpc) is 2.36. The largest absolute Gasteiger partial charge is 0.316 e. The quantitative estimate of drug-likeness (QED) is 0.824. The van der Waals surface area contributed by atoms with Crippen molar-refractivity contribution in [3.05, 3.63) is 23.9 Å². The van der Waals surface area contributed by atoms with Gasteiger partial charge in [-0.2, -0.15) is 4.31 Å². The van der Waals surface area contributed by atoms with Crippen LogP contribution in [0.15, 0.2) is 23.4 Å². The lowest BCUT2D eigenvalue weighted by Gasteiger charge is -2.21. The van der Waals surface area contributed by atoms with Crippen LogP contribution < -0.4 is 5.32 Å². The summed E-state index contributed by atoms with van der Waals surface area (Å²) in [6.07, 6.45) is 1.60. The van der Waals surface area contributed by atoms with E-state index in [0.29, 0.717) is 25.6 Å². The lowest BCUT2D eigenvalue weighted by atomic mass is 10.2. The van der Waals surface area contributed by atoms with E-state index in [0.717, 1.165) is 5.56 Å². The molecule has 19 heavy (non-hydrogen) atoms. The maximum atomic E-state index is 12.4. The third-order valence-electron chi connectivity index (χ3n) is 2.70. The highest BCUT2D eigenvalue weighted by Crippen LogP contribution is 2.15. The summed E-state index contributed by atoms with van der Waals surface area (Å²) in [7, 11) is -1.64. The van der Waals surface area contributed by atoms with E-state index in [4.69, 9.17) is 0 Å². The normalized spacial score (nSPS) is 12.3. The molecule has 0 aromatic carbocycles. The van der Waals surface area contributed by atoms with Crippen LogP contribution in [0.5, 0.6) is 0 Å². The number of nitrogens with one attached hydrogen (secondary N) is 1. The summed E-state index contributed by atoms with van der Waals surface area (Å²) in [6, 6.07) is 3.37. The zero-order chi connectivity index (χ0) is 14.5. The summed E-state index contributed by atoms with van der Waals surface area (Å²) in [6.45, 7) is 7.49. The van der Waals surface area contributed by atoms with Gasteiger partial charge in [0.1, 0.15) is 0 Å². The van der Waals surface area contributed by atoms with Crippen molar-refractivity contribution in [3.63, 3.8) is 0 Å². The average molecular weight is 285 g/mol. The van der Waals surface area contributed by atoms with Crippen molar-refractivity contribution in [3.8, 4) is 0 Å². The maximum absolute atomic E-state index is 12.4. The fourth-order valence-electron chi connectivity index (χ4n) is 1.81. The lowest BCUT2D eigenvalue weighted by molar-refractivity contribution is 0.379. The summed E-state index contributed by atoms with van der Waals surface area (Å²) in [4.78, 5) is 4.08. The van der Waals surface area contributed by atoms with Gasteiger partial charge >= 0.3 is 0 Å². The minimum Gasteiger partial charge on any atom is -0.316 e. The number of hydrogen-bond acceptors (Lipinski definition) is 4. The Labute approximate surface area is 116 Å². The van der Waals surface area contributed by atoms with E-state index < -0.39 is 10.0 Å². The van der Waals surface area contributed by atoms with Crippen LogP contribution in [0.25, 0.3) is 0 Å². The Morgan fingerprint density at radius 3 is 2.47 bits per heavy atom. The third-order valence-corrected chi connectivity index (χ3v) is 4.56. The predicted octanol–water partition coefficient (Wildman–Crippen LogP) is 1.47. The summed E-state index contributed by atoms with van der Waals surface area (Å²) in [5, 5.41) is 3.12. The number of pyridine rings is 1. The first-order chi connectivity index (χ1) is 8.91. The Hall–Kier alpha value is -0.980. The molecule has 1 aromatic heterocycles. The van der Waals surface area contributed by atoms with Crippen LogP contribution in [-0.2, 0) is 16.6 Å². The highest BCUT2D eigenvalue weighted by atomic mass is 32.2. The van der Waals surface area contributed by atoms with Crippen LogP contribution >= 0.6 is 0 Å². The predicted molar refractivity (Wildman–Crippen MR) is 76.3 cm³/mol. The first-order valence-electron chi connectivity index (χ1n) is 6.51. The van der Waals surface area contributed by atoms with E-state index in [2.05, 4.69) is 10.3 Å². The smallest absolute Gasteiger partial charge is 0.260 e. The van der Waals surface area contributed by atoms with Crippen molar-refractivity contribution in [2.45, 2.75) is 32.3 Å². The zero-order valence-electron chi connectivity index (χ0n) is 12.0. The molecule has 108 valence electrons. The second-order valence-corrected chi connectivity index (χ2v) is 6.77. The van der Waals surface area contributed by atoms with E-state index in [1.807, 2.05) is 27.8 Å². The summed E-state index contributed by atoms with van der Waals surface area (Å²) >= 11 is 0. The van der Waals surface area contributed by atoms with Crippen LogP contribution in [0.3, 0.4) is 0 Å². The molecule has 1 aromatic rings. The fourth-order valence-corrected chi connectivity index (χ4v) is 3.33. The molecule has 0 unspecified atom stereocenters. The van der Waals surface area contributed by atoms with Gasteiger partial charge in [-0.3, -0.25) is 0 Å². The monoisotopic (exact) mass is 285 g/mol. The molecule has 0 bridgehead atoms. The maximum Gasteiger partial charge on any atom is 0.260 e. The Bertz CT molecular complexity index is 483. The van der Waals surface area contributed by atoms with E-state index >= 15 is 0 Å². The van der Waals surface area contributed by atoms with Crippen LogP contribution in [0.1, 0.15) is 26.3 Å². The lowest BCUT2D eigenvalue weighted by Crippen LogP contribution is -2.34. The summed E-state index contributed by atoms with van der Waals surface area (Å²) < 4.78 is 26.3. The highest BCUT2D eigenvalue weighted by molar-refractivity contribution is 7.89. The van der Waals surface area contributed by atoms with E-state index in [9.17, 15) is 8.42 Å². The van der Waals surface area contributed by atoms with Crippen LogP contribution in [0.2, 0.25) is 0 Å². The van der Waals surface area contributed by atoms with Crippen molar-refractivity contribution < 1.29 is 8.42 Å². The standard InChI is InChI=1S/C13H23N3O2S/c1-5-16(10-11(2)3)19(17,18)13-7-6-12(8-14-4)9-15-13/h6-7,9,11,14H,5,8,10H2,1-4H3. The molecule has 1 rings (SSSR count). The molecule has 0 saturated heterocycles. The highest BCUT2D eigenvalue weighted by Gasteiger charge is 2.24. The van der Waals surface area contributed by atoms with E-state index in [1.54, 1.807) is 18.3 Å². The molecular weight excluding hydrogens is 262 g/mol. The molecule has 0 amide bonds. The molecule has 6 heteroatoms. The Kier molecular flexibility index (Phi) is 5.90. The molecular formula is C13H23N3O2S. The van der Waals surface area contributed by atoms with Crippen molar-refractivity contribution >= 4 is 10.0 Å². The summed E-state index contributed by atoms with van der Waals surface area (Å²) in [5.41, 5.74) is 0.966. The van der Waals surface area contributed by atoms with Gasteiger partial charge in [0, 0.05) is 25.8 Å². The van der Waals surface area contributed by atoms with E-state index in [1.165, 1.54) is 4.31 Å². The third kappa shape index (κ3) is 4.26. The number of sulfonamides is 1. The van der Waals surface area contributed by atoms with Gasteiger partial charge in [0.25, 0.3) is 10.0 Å².